The van der Waals surface area contributed by atoms with Gasteiger partial charge in [-0.05, 0) is 47.1 Å². The van der Waals surface area contributed by atoms with E-state index in [1.165, 1.54) is 83.5 Å². The molecule has 0 unspecified atom stereocenters. The first-order valence-corrected chi connectivity index (χ1v) is 17.0. The van der Waals surface area contributed by atoms with Gasteiger partial charge in [-0.15, -0.1) is 0 Å². The molecule has 0 aromatic carbocycles. The normalized spacial score (nSPS) is 28.0. The number of amides is 1. The summed E-state index contributed by atoms with van der Waals surface area (Å²) < 4.78 is 30.6. The first-order chi connectivity index (χ1) is 19.7. The van der Waals surface area contributed by atoms with Crippen LogP contribution >= 0.6 is 0 Å². The van der Waals surface area contributed by atoms with Gasteiger partial charge >= 0.3 is 0 Å². The Morgan fingerprint density at radius 3 is 1.73 bits per heavy atom. The number of hydrogen-bond donors (Lipinski definition) is 2. The lowest BCUT2D eigenvalue weighted by Crippen LogP contribution is -2.57. The van der Waals surface area contributed by atoms with Crippen molar-refractivity contribution in [2.45, 2.75) is 186 Å². The second-order valence-electron chi connectivity index (χ2n) is 13.3. The molecule has 3 aliphatic heterocycles. The molecular formula is C33H62N2O6. The van der Waals surface area contributed by atoms with Gasteiger partial charge < -0.3 is 34.3 Å². The summed E-state index contributed by atoms with van der Waals surface area (Å²) in [6.45, 7) is 12.0. The second-order valence-corrected chi connectivity index (χ2v) is 13.3. The summed E-state index contributed by atoms with van der Waals surface area (Å²) in [5.41, 5.74) is 0. The third-order valence-electron chi connectivity index (χ3n) is 8.46. The van der Waals surface area contributed by atoms with Crippen LogP contribution in [-0.2, 0) is 28.5 Å². The minimum absolute atomic E-state index is 0.170. The molecule has 0 saturated carbocycles. The van der Waals surface area contributed by atoms with Crippen LogP contribution in [0, 0.1) is 0 Å². The highest BCUT2D eigenvalue weighted by atomic mass is 16.9. The molecule has 3 rings (SSSR count). The average molecular weight is 583 g/mol. The average Bonchev–Trinajstić information content (AvgIpc) is 3.42. The van der Waals surface area contributed by atoms with Crippen LogP contribution < -0.4 is 10.6 Å². The fourth-order valence-corrected chi connectivity index (χ4v) is 6.29. The first kappa shape index (κ1) is 34.7. The van der Waals surface area contributed by atoms with Crippen LogP contribution in [0.15, 0.2) is 0 Å². The number of rotatable bonds is 22. The Bertz CT molecular complexity index is 733. The summed E-state index contributed by atoms with van der Waals surface area (Å²) in [6, 6.07) is 0. The first-order valence-electron chi connectivity index (χ1n) is 17.0. The Morgan fingerprint density at radius 1 is 0.610 bits per heavy atom. The Morgan fingerprint density at radius 2 is 1.12 bits per heavy atom. The van der Waals surface area contributed by atoms with E-state index in [0.29, 0.717) is 19.5 Å². The van der Waals surface area contributed by atoms with Crippen LogP contribution in [-0.4, -0.2) is 67.8 Å². The third-order valence-corrected chi connectivity index (χ3v) is 8.46. The zero-order valence-electron chi connectivity index (χ0n) is 27.0. The van der Waals surface area contributed by atoms with E-state index in [0.717, 1.165) is 25.8 Å². The molecule has 3 saturated heterocycles. The topological polar surface area (TPSA) is 87.3 Å². The highest BCUT2D eigenvalue weighted by Crippen LogP contribution is 2.43. The van der Waals surface area contributed by atoms with Gasteiger partial charge in [-0.3, -0.25) is 4.79 Å². The molecule has 0 aromatic heterocycles. The van der Waals surface area contributed by atoms with Crippen LogP contribution in [0.4, 0.5) is 0 Å². The molecule has 0 aromatic rings. The van der Waals surface area contributed by atoms with E-state index in [2.05, 4.69) is 17.6 Å². The van der Waals surface area contributed by atoms with Crippen LogP contribution in [0.1, 0.15) is 144 Å². The van der Waals surface area contributed by atoms with Gasteiger partial charge in [0.15, 0.2) is 17.9 Å². The lowest BCUT2D eigenvalue weighted by molar-refractivity contribution is -0.232. The SMILES string of the molecule is CCCCCCCCCCCCCCCCCC(=O)NCCCNC[C@H]1O[C@@H]2OC(C)(C)O[C@@H]2[C@H]2OC(C)(C)O[C@H]21. The molecule has 3 heterocycles. The summed E-state index contributed by atoms with van der Waals surface area (Å²) in [5.74, 6) is -1.22. The van der Waals surface area contributed by atoms with Gasteiger partial charge in [0.25, 0.3) is 0 Å². The third kappa shape index (κ3) is 12.8. The fourth-order valence-electron chi connectivity index (χ4n) is 6.29. The van der Waals surface area contributed by atoms with Crippen LogP contribution in [0.2, 0.25) is 0 Å². The number of unbranched alkanes of at least 4 members (excludes halogenated alkanes) is 14. The van der Waals surface area contributed by atoms with Crippen molar-refractivity contribution in [3.63, 3.8) is 0 Å². The summed E-state index contributed by atoms with van der Waals surface area (Å²) >= 11 is 0. The van der Waals surface area contributed by atoms with Crippen molar-refractivity contribution in [3.8, 4) is 0 Å². The lowest BCUT2D eigenvalue weighted by Gasteiger charge is -2.37. The Hall–Kier alpha value is -0.770. The fraction of sp³-hybridized carbons (Fsp3) is 0.970. The van der Waals surface area contributed by atoms with E-state index in [1.807, 2.05) is 27.7 Å². The Balaban J connectivity index is 1.12. The summed E-state index contributed by atoms with van der Waals surface area (Å²) in [4.78, 5) is 12.2. The van der Waals surface area contributed by atoms with Gasteiger partial charge in [-0.2, -0.15) is 0 Å². The highest BCUT2D eigenvalue weighted by Gasteiger charge is 2.60. The highest BCUT2D eigenvalue weighted by molar-refractivity contribution is 5.75. The minimum atomic E-state index is -0.705. The molecule has 3 aliphatic rings. The van der Waals surface area contributed by atoms with Crippen molar-refractivity contribution in [2.24, 2.45) is 0 Å². The number of hydrogen-bond acceptors (Lipinski definition) is 7. The largest absolute Gasteiger partial charge is 0.356 e. The molecule has 1 amide bonds. The molecule has 8 heteroatoms. The summed E-state index contributed by atoms with van der Waals surface area (Å²) in [6.07, 6.45) is 20.2. The zero-order valence-corrected chi connectivity index (χ0v) is 27.0. The van der Waals surface area contributed by atoms with Crippen molar-refractivity contribution in [1.29, 1.82) is 0 Å². The maximum absolute atomic E-state index is 12.2. The maximum Gasteiger partial charge on any atom is 0.219 e. The predicted octanol–water partition coefficient (Wildman–Crippen LogP) is 6.74. The molecule has 0 radical (unpaired) electrons. The molecule has 0 aliphatic carbocycles. The predicted molar refractivity (Wildman–Crippen MR) is 163 cm³/mol. The zero-order chi connectivity index (χ0) is 29.6. The molecular weight excluding hydrogens is 520 g/mol. The standard InChI is InChI=1S/C33H62N2O6/c1-6-7-8-9-10-11-12-13-14-15-16-17-18-19-20-22-27(36)35-24-21-23-34-25-26-28-29(39-32(2,3)38-28)30-31(37-26)41-33(4,5)40-30/h26,28-31,34H,6-25H2,1-5H3,(H,35,36)/t26-,28+,29+,30-,31-/m1/s1. The Kier molecular flexibility index (Phi) is 15.4. The van der Waals surface area contributed by atoms with E-state index in [-0.39, 0.29) is 30.3 Å². The van der Waals surface area contributed by atoms with Gasteiger partial charge in [0, 0.05) is 19.5 Å². The molecule has 5 atom stereocenters. The number of carbonyl (C=O) groups excluding carboxylic acids is 1. The number of fused-ring (bicyclic) bond motifs is 3. The number of nitrogens with one attached hydrogen (secondary N) is 2. The molecule has 41 heavy (non-hydrogen) atoms. The van der Waals surface area contributed by atoms with E-state index >= 15 is 0 Å². The van der Waals surface area contributed by atoms with Crippen LogP contribution in [0.3, 0.4) is 0 Å². The van der Waals surface area contributed by atoms with Crippen molar-refractivity contribution < 1.29 is 28.5 Å². The molecule has 240 valence electrons. The number of ether oxygens (including phenoxy) is 5. The van der Waals surface area contributed by atoms with Crippen molar-refractivity contribution in [1.82, 2.24) is 10.6 Å². The quantitative estimate of drug-likeness (QED) is 0.137. The molecule has 8 nitrogen and oxygen atoms in total. The molecule has 3 fully saturated rings. The molecule has 0 bridgehead atoms. The van der Waals surface area contributed by atoms with E-state index < -0.39 is 17.9 Å². The van der Waals surface area contributed by atoms with Crippen molar-refractivity contribution in [3.05, 3.63) is 0 Å². The molecule has 2 N–H and O–H groups in total. The smallest absolute Gasteiger partial charge is 0.219 e. The van der Waals surface area contributed by atoms with Crippen LogP contribution in [0.25, 0.3) is 0 Å². The second kappa shape index (κ2) is 18.1. The minimum Gasteiger partial charge on any atom is -0.356 e. The van der Waals surface area contributed by atoms with E-state index in [1.54, 1.807) is 0 Å². The van der Waals surface area contributed by atoms with Gasteiger partial charge in [0.1, 0.15) is 24.4 Å². The van der Waals surface area contributed by atoms with Crippen molar-refractivity contribution in [2.75, 3.05) is 19.6 Å². The summed E-state index contributed by atoms with van der Waals surface area (Å²) in [7, 11) is 0. The van der Waals surface area contributed by atoms with E-state index in [9.17, 15) is 4.79 Å². The lowest BCUT2D eigenvalue weighted by atomic mass is 9.99. The van der Waals surface area contributed by atoms with Crippen molar-refractivity contribution >= 4 is 5.91 Å². The van der Waals surface area contributed by atoms with Gasteiger partial charge in [-0.25, -0.2) is 0 Å². The van der Waals surface area contributed by atoms with Gasteiger partial charge in [-0.1, -0.05) is 96.8 Å². The maximum atomic E-state index is 12.2. The van der Waals surface area contributed by atoms with Crippen LogP contribution in [0.5, 0.6) is 0 Å². The molecule has 0 spiro atoms. The monoisotopic (exact) mass is 582 g/mol. The van der Waals surface area contributed by atoms with Gasteiger partial charge in [0.2, 0.25) is 5.91 Å². The Labute approximate surface area is 250 Å². The van der Waals surface area contributed by atoms with E-state index in [4.69, 9.17) is 23.7 Å². The summed E-state index contributed by atoms with van der Waals surface area (Å²) in [5, 5.41) is 6.53. The number of carbonyl (C=O) groups is 1. The van der Waals surface area contributed by atoms with Gasteiger partial charge in [0.05, 0.1) is 0 Å².